The van der Waals surface area contributed by atoms with Crippen molar-refractivity contribution in [1.29, 1.82) is 0 Å². The minimum absolute atomic E-state index is 0.137. The molecule has 0 bridgehead atoms. The number of rotatable bonds is 5. The van der Waals surface area contributed by atoms with Gasteiger partial charge < -0.3 is 10.4 Å². The fraction of sp³-hybridized carbons (Fsp3) is 0.667. The zero-order valence-electron chi connectivity index (χ0n) is 10.4. The van der Waals surface area contributed by atoms with Crippen molar-refractivity contribution in [1.82, 2.24) is 9.78 Å². The molecular formula is C12H18BrN3O2. The lowest BCUT2D eigenvalue weighted by Gasteiger charge is -2.36. The molecule has 0 saturated heterocycles. The van der Waals surface area contributed by atoms with Crippen LogP contribution in [0.15, 0.2) is 15.5 Å². The van der Waals surface area contributed by atoms with Crippen molar-refractivity contribution >= 4 is 21.6 Å². The molecule has 18 heavy (non-hydrogen) atoms. The lowest BCUT2D eigenvalue weighted by atomic mass is 9.80. The average molecular weight is 316 g/mol. The van der Waals surface area contributed by atoms with Gasteiger partial charge in [0, 0.05) is 13.1 Å². The van der Waals surface area contributed by atoms with Gasteiger partial charge in [-0.15, -0.1) is 0 Å². The minimum Gasteiger partial charge on any atom is -0.388 e. The fourth-order valence-corrected chi connectivity index (χ4v) is 2.43. The third kappa shape index (κ3) is 2.75. The second kappa shape index (κ2) is 5.40. The Morgan fingerprint density at radius 1 is 1.61 bits per heavy atom. The first-order chi connectivity index (χ1) is 8.56. The number of nitrogens with one attached hydrogen (secondary N) is 1. The van der Waals surface area contributed by atoms with Crippen molar-refractivity contribution < 1.29 is 5.11 Å². The molecule has 1 aromatic heterocycles. The molecule has 0 radical (unpaired) electrons. The van der Waals surface area contributed by atoms with E-state index in [2.05, 4.69) is 26.3 Å². The molecule has 0 spiro atoms. The summed E-state index contributed by atoms with van der Waals surface area (Å²) < 4.78 is 1.92. The molecular weight excluding hydrogens is 298 g/mol. The molecule has 0 amide bonds. The Bertz CT molecular complexity index is 483. The van der Waals surface area contributed by atoms with Crippen LogP contribution in [0.3, 0.4) is 0 Å². The Balaban J connectivity index is 2.09. The minimum atomic E-state index is -0.613. The van der Waals surface area contributed by atoms with Gasteiger partial charge in [0.05, 0.1) is 17.5 Å². The molecule has 6 heteroatoms. The summed E-state index contributed by atoms with van der Waals surface area (Å²) in [6, 6.07) is 0. The van der Waals surface area contributed by atoms with Crippen molar-refractivity contribution in [2.45, 2.75) is 44.8 Å². The number of nitrogens with zero attached hydrogens (tertiary/aromatic N) is 2. The predicted molar refractivity (Wildman–Crippen MR) is 73.8 cm³/mol. The smallest absolute Gasteiger partial charge is 0.283 e. The number of aromatic nitrogens is 2. The summed E-state index contributed by atoms with van der Waals surface area (Å²) in [6.07, 6.45) is 5.20. The van der Waals surface area contributed by atoms with E-state index in [0.29, 0.717) is 23.2 Å². The average Bonchev–Trinajstić information content (AvgIpc) is 2.32. The second-order valence-corrected chi connectivity index (χ2v) is 5.62. The first-order valence-corrected chi connectivity index (χ1v) is 7.07. The number of aliphatic hydroxyl groups is 1. The predicted octanol–water partition coefficient (Wildman–Crippen LogP) is 1.74. The summed E-state index contributed by atoms with van der Waals surface area (Å²) in [5.41, 5.74) is -0.104. The SMILES string of the molecule is CCCn1ncc(NCC2(O)CCC2)c(Br)c1=O. The van der Waals surface area contributed by atoms with Gasteiger partial charge in [-0.2, -0.15) is 5.10 Å². The van der Waals surface area contributed by atoms with Crippen molar-refractivity contribution in [2.75, 3.05) is 11.9 Å². The van der Waals surface area contributed by atoms with Crippen molar-refractivity contribution in [3.05, 3.63) is 21.0 Å². The lowest BCUT2D eigenvalue weighted by molar-refractivity contribution is -0.0202. The maximum Gasteiger partial charge on any atom is 0.283 e. The van der Waals surface area contributed by atoms with Crippen LogP contribution in [-0.4, -0.2) is 27.0 Å². The van der Waals surface area contributed by atoms with E-state index in [0.717, 1.165) is 25.7 Å². The van der Waals surface area contributed by atoms with Crippen molar-refractivity contribution in [3.8, 4) is 0 Å². The highest BCUT2D eigenvalue weighted by Crippen LogP contribution is 2.32. The van der Waals surface area contributed by atoms with E-state index >= 15 is 0 Å². The van der Waals surface area contributed by atoms with Gasteiger partial charge in [0.25, 0.3) is 5.56 Å². The summed E-state index contributed by atoms with van der Waals surface area (Å²) in [4.78, 5) is 11.9. The third-order valence-corrected chi connectivity index (χ3v) is 4.08. The van der Waals surface area contributed by atoms with Gasteiger partial charge in [-0.25, -0.2) is 4.68 Å². The maximum atomic E-state index is 11.9. The highest BCUT2D eigenvalue weighted by atomic mass is 79.9. The van der Waals surface area contributed by atoms with Gasteiger partial charge in [-0.1, -0.05) is 6.92 Å². The molecule has 0 aromatic carbocycles. The number of hydrogen-bond acceptors (Lipinski definition) is 4. The zero-order chi connectivity index (χ0) is 13.2. The van der Waals surface area contributed by atoms with E-state index in [1.165, 1.54) is 4.68 Å². The molecule has 1 aromatic rings. The second-order valence-electron chi connectivity index (χ2n) is 4.83. The third-order valence-electron chi connectivity index (χ3n) is 3.31. The van der Waals surface area contributed by atoms with Crippen LogP contribution in [0.5, 0.6) is 0 Å². The molecule has 0 unspecified atom stereocenters. The fourth-order valence-electron chi connectivity index (χ4n) is 1.98. The Morgan fingerprint density at radius 2 is 2.33 bits per heavy atom. The van der Waals surface area contributed by atoms with Crippen LogP contribution in [0.25, 0.3) is 0 Å². The van der Waals surface area contributed by atoms with Gasteiger partial charge in [0.2, 0.25) is 0 Å². The molecule has 5 nitrogen and oxygen atoms in total. The highest BCUT2D eigenvalue weighted by molar-refractivity contribution is 9.10. The zero-order valence-corrected chi connectivity index (χ0v) is 12.0. The van der Waals surface area contributed by atoms with E-state index in [9.17, 15) is 9.90 Å². The largest absolute Gasteiger partial charge is 0.388 e. The molecule has 0 aliphatic heterocycles. The Morgan fingerprint density at radius 3 is 2.89 bits per heavy atom. The van der Waals surface area contributed by atoms with Crippen LogP contribution in [0.2, 0.25) is 0 Å². The topological polar surface area (TPSA) is 67.2 Å². The van der Waals surface area contributed by atoms with Crippen LogP contribution in [-0.2, 0) is 6.54 Å². The standard InChI is InChI=1S/C12H18BrN3O2/c1-2-6-16-11(17)10(13)9(7-15-16)14-8-12(18)4-3-5-12/h7,14,18H,2-6,8H2,1H3. The number of anilines is 1. The van der Waals surface area contributed by atoms with Crippen LogP contribution in [0.4, 0.5) is 5.69 Å². The van der Waals surface area contributed by atoms with Gasteiger partial charge in [-0.05, 0) is 41.6 Å². The van der Waals surface area contributed by atoms with E-state index < -0.39 is 5.60 Å². The van der Waals surface area contributed by atoms with E-state index in [1.54, 1.807) is 6.20 Å². The monoisotopic (exact) mass is 315 g/mol. The van der Waals surface area contributed by atoms with Gasteiger partial charge in [0.15, 0.2) is 0 Å². The van der Waals surface area contributed by atoms with Crippen LogP contribution in [0, 0.1) is 0 Å². The first-order valence-electron chi connectivity index (χ1n) is 6.27. The molecule has 2 N–H and O–H groups in total. The summed E-state index contributed by atoms with van der Waals surface area (Å²) in [6.45, 7) is 3.08. The Hall–Kier alpha value is -0.880. The van der Waals surface area contributed by atoms with Crippen molar-refractivity contribution in [2.24, 2.45) is 0 Å². The van der Waals surface area contributed by atoms with E-state index in [1.807, 2.05) is 6.92 Å². The number of hydrogen-bond donors (Lipinski definition) is 2. The molecule has 1 saturated carbocycles. The van der Waals surface area contributed by atoms with Crippen LogP contribution < -0.4 is 10.9 Å². The van der Waals surface area contributed by atoms with E-state index in [-0.39, 0.29) is 5.56 Å². The van der Waals surface area contributed by atoms with Gasteiger partial charge >= 0.3 is 0 Å². The molecule has 1 aliphatic carbocycles. The summed E-state index contributed by atoms with van der Waals surface area (Å²) in [7, 11) is 0. The normalized spacial score (nSPS) is 17.3. The molecule has 2 rings (SSSR count). The summed E-state index contributed by atoms with van der Waals surface area (Å²) in [5, 5.41) is 17.2. The lowest BCUT2D eigenvalue weighted by Crippen LogP contribution is -2.43. The molecule has 1 fully saturated rings. The molecule has 1 heterocycles. The quantitative estimate of drug-likeness (QED) is 0.868. The van der Waals surface area contributed by atoms with Crippen LogP contribution in [0.1, 0.15) is 32.6 Å². The molecule has 100 valence electrons. The summed E-state index contributed by atoms with van der Waals surface area (Å²) in [5.74, 6) is 0. The molecule has 0 atom stereocenters. The van der Waals surface area contributed by atoms with Crippen LogP contribution >= 0.6 is 15.9 Å². The summed E-state index contributed by atoms with van der Waals surface area (Å²) >= 11 is 3.29. The van der Waals surface area contributed by atoms with E-state index in [4.69, 9.17) is 0 Å². The molecule has 1 aliphatic rings. The van der Waals surface area contributed by atoms with Crippen molar-refractivity contribution in [3.63, 3.8) is 0 Å². The Kier molecular flexibility index (Phi) is 4.07. The number of aryl methyl sites for hydroxylation is 1. The maximum absolute atomic E-state index is 11.9. The number of halogens is 1. The first kappa shape index (κ1) is 13.5. The highest BCUT2D eigenvalue weighted by Gasteiger charge is 2.34. The van der Waals surface area contributed by atoms with Gasteiger partial charge in [-0.3, -0.25) is 4.79 Å². The Labute approximate surface area is 114 Å². The van der Waals surface area contributed by atoms with Gasteiger partial charge in [0.1, 0.15) is 4.47 Å².